The molecule has 1 saturated carbocycles. The highest BCUT2D eigenvalue weighted by Crippen LogP contribution is 2.52. The van der Waals surface area contributed by atoms with Gasteiger partial charge in [0.1, 0.15) is 17.2 Å². The Labute approximate surface area is 120 Å². The van der Waals surface area contributed by atoms with Crippen LogP contribution in [0.1, 0.15) is 58.1 Å². The summed E-state index contributed by atoms with van der Waals surface area (Å²) < 4.78 is 19.6. The van der Waals surface area contributed by atoms with Crippen LogP contribution in [0, 0.1) is 17.2 Å². The number of benzene rings is 1. The van der Waals surface area contributed by atoms with Crippen LogP contribution in [0.4, 0.5) is 4.39 Å². The van der Waals surface area contributed by atoms with Crippen LogP contribution in [0.3, 0.4) is 0 Å². The third-order valence-electron chi connectivity index (χ3n) is 4.64. The lowest BCUT2D eigenvalue weighted by molar-refractivity contribution is -0.0823. The molecule has 0 radical (unpaired) electrons. The maximum Gasteiger partial charge on any atom is 0.126 e. The number of hydrogen-bond donors (Lipinski definition) is 1. The number of ether oxygens (including phenoxy) is 1. The first-order valence-electron chi connectivity index (χ1n) is 7.45. The van der Waals surface area contributed by atoms with Crippen molar-refractivity contribution in [2.45, 2.75) is 58.2 Å². The molecular formula is C17H23FO2. The van der Waals surface area contributed by atoms with E-state index >= 15 is 0 Å². The molecule has 2 unspecified atom stereocenters. The molecule has 20 heavy (non-hydrogen) atoms. The van der Waals surface area contributed by atoms with E-state index in [1.165, 1.54) is 18.6 Å². The lowest BCUT2D eigenvalue weighted by Crippen LogP contribution is -2.49. The van der Waals surface area contributed by atoms with E-state index in [9.17, 15) is 9.50 Å². The highest BCUT2D eigenvalue weighted by molar-refractivity contribution is 5.38. The molecule has 3 atom stereocenters. The lowest BCUT2D eigenvalue weighted by atomic mass is 9.63. The summed E-state index contributed by atoms with van der Waals surface area (Å²) in [5.41, 5.74) is 0.506. The Hall–Kier alpha value is -1.09. The molecule has 1 aromatic carbocycles. The zero-order chi connectivity index (χ0) is 14.5. The van der Waals surface area contributed by atoms with Crippen molar-refractivity contribution in [2.24, 2.45) is 11.3 Å². The van der Waals surface area contributed by atoms with Crippen LogP contribution >= 0.6 is 0 Å². The van der Waals surface area contributed by atoms with Gasteiger partial charge in [0.15, 0.2) is 0 Å². The summed E-state index contributed by atoms with van der Waals surface area (Å²) in [6.07, 6.45) is 3.03. The van der Waals surface area contributed by atoms with Crippen molar-refractivity contribution in [3.8, 4) is 5.75 Å². The number of fused-ring (bicyclic) bond motifs is 1. The van der Waals surface area contributed by atoms with Gasteiger partial charge in [-0.2, -0.15) is 0 Å². The van der Waals surface area contributed by atoms with Gasteiger partial charge in [0, 0.05) is 12.0 Å². The number of halogens is 1. The predicted molar refractivity (Wildman–Crippen MR) is 76.1 cm³/mol. The Morgan fingerprint density at radius 3 is 2.70 bits per heavy atom. The number of aliphatic hydroxyl groups is 1. The van der Waals surface area contributed by atoms with Crippen molar-refractivity contribution in [1.29, 1.82) is 0 Å². The summed E-state index contributed by atoms with van der Waals surface area (Å²) in [6.45, 7) is 6.78. The Morgan fingerprint density at radius 2 is 2.00 bits per heavy atom. The molecule has 2 nitrogen and oxygen atoms in total. The molecular weight excluding hydrogens is 255 g/mol. The second-order valence-electron chi connectivity index (χ2n) is 7.54. The Balaban J connectivity index is 1.96. The SMILES string of the molecule is CC1CC(C)(C)CC2(C1)C[C@H](O)c1cc(F)ccc1O2. The normalized spacial score (nSPS) is 35.5. The van der Waals surface area contributed by atoms with E-state index in [0.717, 1.165) is 12.8 Å². The van der Waals surface area contributed by atoms with Gasteiger partial charge in [-0.25, -0.2) is 4.39 Å². The summed E-state index contributed by atoms with van der Waals surface area (Å²) in [6, 6.07) is 4.45. The van der Waals surface area contributed by atoms with Gasteiger partial charge >= 0.3 is 0 Å². The summed E-state index contributed by atoms with van der Waals surface area (Å²) in [5, 5.41) is 10.4. The standard InChI is InChI=1S/C17H23FO2/c1-11-7-16(2,3)10-17(8-11)9-14(19)13-6-12(18)4-5-15(13)20-17/h4-6,11,14,19H,7-10H2,1-3H3/t11?,14-,17?/m0/s1. The zero-order valence-electron chi connectivity index (χ0n) is 12.4. The molecule has 0 saturated heterocycles. The van der Waals surface area contributed by atoms with Crippen molar-refractivity contribution in [1.82, 2.24) is 0 Å². The molecule has 1 aromatic rings. The minimum Gasteiger partial charge on any atom is -0.487 e. The molecule has 110 valence electrons. The van der Waals surface area contributed by atoms with Crippen molar-refractivity contribution >= 4 is 0 Å². The van der Waals surface area contributed by atoms with Gasteiger partial charge in [-0.3, -0.25) is 0 Å². The predicted octanol–water partition coefficient (Wildman–Crippen LogP) is 4.23. The first-order chi connectivity index (χ1) is 9.29. The van der Waals surface area contributed by atoms with E-state index in [0.29, 0.717) is 23.7 Å². The second kappa shape index (κ2) is 4.45. The molecule has 0 aromatic heterocycles. The highest BCUT2D eigenvalue weighted by atomic mass is 19.1. The van der Waals surface area contributed by atoms with Crippen LogP contribution in [0.25, 0.3) is 0 Å². The quantitative estimate of drug-likeness (QED) is 0.769. The van der Waals surface area contributed by atoms with Crippen molar-refractivity contribution in [2.75, 3.05) is 0 Å². The molecule has 1 aliphatic heterocycles. The Bertz CT molecular complexity index is 526. The number of aliphatic hydroxyl groups excluding tert-OH is 1. The van der Waals surface area contributed by atoms with E-state index in [-0.39, 0.29) is 16.8 Å². The van der Waals surface area contributed by atoms with Crippen LogP contribution in [0.5, 0.6) is 5.75 Å². The highest BCUT2D eigenvalue weighted by Gasteiger charge is 2.48. The molecule has 1 fully saturated rings. The molecule has 3 heteroatoms. The van der Waals surface area contributed by atoms with Crippen molar-refractivity contribution < 1.29 is 14.2 Å². The molecule has 1 spiro atoms. The van der Waals surface area contributed by atoms with Crippen LogP contribution in [-0.4, -0.2) is 10.7 Å². The smallest absolute Gasteiger partial charge is 0.126 e. The van der Waals surface area contributed by atoms with E-state index in [2.05, 4.69) is 20.8 Å². The van der Waals surface area contributed by atoms with Gasteiger partial charge < -0.3 is 9.84 Å². The van der Waals surface area contributed by atoms with Crippen LogP contribution in [0.15, 0.2) is 18.2 Å². The summed E-state index contributed by atoms with van der Waals surface area (Å²) >= 11 is 0. The fourth-order valence-corrected chi connectivity index (χ4v) is 4.51. The largest absolute Gasteiger partial charge is 0.487 e. The van der Waals surface area contributed by atoms with E-state index < -0.39 is 6.10 Å². The van der Waals surface area contributed by atoms with E-state index in [1.54, 1.807) is 6.07 Å². The fourth-order valence-electron chi connectivity index (χ4n) is 4.51. The van der Waals surface area contributed by atoms with Crippen LogP contribution < -0.4 is 4.74 Å². The van der Waals surface area contributed by atoms with Gasteiger partial charge in [0.25, 0.3) is 0 Å². The van der Waals surface area contributed by atoms with Crippen LogP contribution in [0.2, 0.25) is 0 Å². The summed E-state index contributed by atoms with van der Waals surface area (Å²) in [4.78, 5) is 0. The minimum absolute atomic E-state index is 0.217. The molecule has 1 aliphatic carbocycles. The monoisotopic (exact) mass is 278 g/mol. The lowest BCUT2D eigenvalue weighted by Gasteiger charge is -2.50. The zero-order valence-corrected chi connectivity index (χ0v) is 12.4. The molecule has 3 rings (SSSR count). The Morgan fingerprint density at radius 1 is 1.25 bits per heavy atom. The average Bonchev–Trinajstić information content (AvgIpc) is 2.27. The molecule has 1 N–H and O–H groups in total. The third-order valence-corrected chi connectivity index (χ3v) is 4.64. The molecule has 2 aliphatic rings. The number of hydrogen-bond acceptors (Lipinski definition) is 2. The van der Waals surface area contributed by atoms with Crippen molar-refractivity contribution in [3.05, 3.63) is 29.6 Å². The summed E-state index contributed by atoms with van der Waals surface area (Å²) in [7, 11) is 0. The van der Waals surface area contributed by atoms with Gasteiger partial charge in [-0.1, -0.05) is 20.8 Å². The third kappa shape index (κ3) is 2.44. The van der Waals surface area contributed by atoms with Gasteiger partial charge in [0.05, 0.1) is 6.10 Å². The first-order valence-corrected chi connectivity index (χ1v) is 7.45. The number of rotatable bonds is 0. The van der Waals surface area contributed by atoms with E-state index in [4.69, 9.17) is 4.74 Å². The van der Waals surface area contributed by atoms with Gasteiger partial charge in [-0.05, 0) is 48.8 Å². The van der Waals surface area contributed by atoms with Gasteiger partial charge in [0.2, 0.25) is 0 Å². The molecule has 0 amide bonds. The van der Waals surface area contributed by atoms with Crippen molar-refractivity contribution in [3.63, 3.8) is 0 Å². The summed E-state index contributed by atoms with van der Waals surface area (Å²) in [5.74, 6) is 0.905. The second-order valence-corrected chi connectivity index (χ2v) is 7.54. The topological polar surface area (TPSA) is 29.5 Å². The Kier molecular flexibility index (Phi) is 3.09. The first kappa shape index (κ1) is 13.9. The minimum atomic E-state index is -0.629. The maximum absolute atomic E-state index is 13.3. The van der Waals surface area contributed by atoms with Crippen LogP contribution in [-0.2, 0) is 0 Å². The fraction of sp³-hybridized carbons (Fsp3) is 0.647. The van der Waals surface area contributed by atoms with E-state index in [1.807, 2.05) is 0 Å². The average molecular weight is 278 g/mol. The molecule has 1 heterocycles. The van der Waals surface area contributed by atoms with Gasteiger partial charge in [-0.15, -0.1) is 0 Å². The molecule has 0 bridgehead atoms. The maximum atomic E-state index is 13.3.